The van der Waals surface area contributed by atoms with Gasteiger partial charge in [0, 0.05) is 22.7 Å². The van der Waals surface area contributed by atoms with Crippen LogP contribution in [-0.4, -0.2) is 22.8 Å². The Morgan fingerprint density at radius 3 is 2.29 bits per heavy atom. The number of hydrogen-bond acceptors (Lipinski definition) is 5. The average molecular weight is 368 g/mol. The van der Waals surface area contributed by atoms with Crippen molar-refractivity contribution in [3.63, 3.8) is 0 Å². The zero-order valence-electron chi connectivity index (χ0n) is 12.4. The van der Waals surface area contributed by atoms with Crippen molar-refractivity contribution in [2.45, 2.75) is 13.0 Å². The van der Waals surface area contributed by atoms with Gasteiger partial charge in [0.05, 0.1) is 15.5 Å². The summed E-state index contributed by atoms with van der Waals surface area (Å²) >= 11 is 11.6. The molecule has 1 atom stereocenters. The van der Waals surface area contributed by atoms with Gasteiger partial charge in [0.15, 0.2) is 6.10 Å². The molecule has 0 saturated carbocycles. The minimum atomic E-state index is -1.05. The first-order chi connectivity index (χ1) is 11.3. The number of esters is 1. The van der Waals surface area contributed by atoms with E-state index >= 15 is 0 Å². The van der Waals surface area contributed by atoms with Crippen LogP contribution in [0.4, 0.5) is 5.69 Å². The normalized spacial score (nSPS) is 11.6. The fraction of sp³-hybridized carbons (Fsp3) is 0.125. The lowest BCUT2D eigenvalue weighted by Crippen LogP contribution is -2.24. The molecular weight excluding hydrogens is 357 g/mol. The van der Waals surface area contributed by atoms with Gasteiger partial charge in [-0.25, -0.2) is 4.79 Å². The molecule has 0 unspecified atom stereocenters. The van der Waals surface area contributed by atoms with E-state index in [1.807, 2.05) is 0 Å². The Kier molecular flexibility index (Phi) is 5.54. The number of ether oxygens (including phenoxy) is 1. The number of Topliss-reactive ketones (excluding diaryl/α,β-unsaturated/α-hetero) is 1. The molecule has 0 aliphatic heterocycles. The van der Waals surface area contributed by atoms with Crippen LogP contribution in [0.15, 0.2) is 42.5 Å². The van der Waals surface area contributed by atoms with Crippen molar-refractivity contribution in [1.29, 1.82) is 0 Å². The molecule has 0 aliphatic rings. The van der Waals surface area contributed by atoms with Crippen molar-refractivity contribution in [3.05, 3.63) is 73.8 Å². The van der Waals surface area contributed by atoms with Gasteiger partial charge in [0.1, 0.15) is 0 Å². The van der Waals surface area contributed by atoms with Crippen molar-refractivity contribution in [3.8, 4) is 0 Å². The number of hydrogen-bond donors (Lipinski definition) is 0. The van der Waals surface area contributed by atoms with Crippen LogP contribution in [0, 0.1) is 10.1 Å². The Bertz CT molecular complexity index is 805. The zero-order chi connectivity index (χ0) is 17.9. The smallest absolute Gasteiger partial charge is 0.340 e. The van der Waals surface area contributed by atoms with Crippen molar-refractivity contribution in [2.24, 2.45) is 0 Å². The molecular formula is C16H11Cl2NO5. The molecule has 2 aromatic carbocycles. The molecule has 24 heavy (non-hydrogen) atoms. The van der Waals surface area contributed by atoms with E-state index in [4.69, 9.17) is 27.9 Å². The number of rotatable bonds is 5. The lowest BCUT2D eigenvalue weighted by molar-refractivity contribution is -0.384. The molecule has 2 aromatic rings. The first-order valence-corrected chi connectivity index (χ1v) is 7.50. The summed E-state index contributed by atoms with van der Waals surface area (Å²) < 4.78 is 5.09. The van der Waals surface area contributed by atoms with E-state index in [1.165, 1.54) is 25.1 Å². The van der Waals surface area contributed by atoms with Crippen molar-refractivity contribution < 1.29 is 19.2 Å². The maximum Gasteiger partial charge on any atom is 0.340 e. The van der Waals surface area contributed by atoms with Crippen LogP contribution in [-0.2, 0) is 4.74 Å². The van der Waals surface area contributed by atoms with E-state index in [0.717, 1.165) is 12.1 Å². The molecule has 0 spiro atoms. The molecule has 0 N–H and O–H groups in total. The molecule has 0 aliphatic carbocycles. The quantitative estimate of drug-likeness (QED) is 0.339. The molecule has 124 valence electrons. The van der Waals surface area contributed by atoms with E-state index in [-0.39, 0.29) is 16.3 Å². The number of ketones is 1. The first kappa shape index (κ1) is 17.9. The third-order valence-corrected chi connectivity index (χ3v) is 3.73. The summed E-state index contributed by atoms with van der Waals surface area (Å²) in [4.78, 5) is 34.3. The van der Waals surface area contributed by atoms with Crippen LogP contribution in [0.25, 0.3) is 0 Å². The van der Waals surface area contributed by atoms with Crippen LogP contribution in [0.2, 0.25) is 10.0 Å². The topological polar surface area (TPSA) is 86.5 Å². The van der Waals surface area contributed by atoms with Crippen LogP contribution < -0.4 is 0 Å². The molecule has 0 radical (unpaired) electrons. The molecule has 8 heteroatoms. The van der Waals surface area contributed by atoms with Crippen molar-refractivity contribution >= 4 is 40.6 Å². The number of halogens is 2. The minimum Gasteiger partial charge on any atom is -0.451 e. The third kappa shape index (κ3) is 4.10. The lowest BCUT2D eigenvalue weighted by atomic mass is 10.1. The predicted molar refractivity (Wildman–Crippen MR) is 88.8 cm³/mol. The van der Waals surface area contributed by atoms with Gasteiger partial charge in [-0.05, 0) is 37.3 Å². The van der Waals surface area contributed by atoms with E-state index in [0.29, 0.717) is 10.6 Å². The van der Waals surface area contributed by atoms with Crippen molar-refractivity contribution in [2.75, 3.05) is 0 Å². The predicted octanol–water partition coefficient (Wildman–Crippen LogP) is 4.33. The van der Waals surface area contributed by atoms with Crippen LogP contribution in [0.5, 0.6) is 0 Å². The molecule has 0 bridgehead atoms. The number of nitro benzene ring substituents is 1. The summed E-state index contributed by atoms with van der Waals surface area (Å²) in [5.74, 6) is -1.25. The maximum atomic E-state index is 12.2. The van der Waals surface area contributed by atoms with E-state index in [2.05, 4.69) is 0 Å². The van der Waals surface area contributed by atoms with E-state index in [9.17, 15) is 19.7 Å². The summed E-state index contributed by atoms with van der Waals surface area (Å²) in [5, 5.41) is 11.0. The largest absolute Gasteiger partial charge is 0.451 e. The summed E-state index contributed by atoms with van der Waals surface area (Å²) in [7, 11) is 0. The number of nitro groups is 1. The monoisotopic (exact) mass is 367 g/mol. The summed E-state index contributed by atoms with van der Waals surface area (Å²) in [5.41, 5.74) is 0.0364. The first-order valence-electron chi connectivity index (χ1n) is 6.74. The maximum absolute atomic E-state index is 12.2. The van der Waals surface area contributed by atoms with E-state index in [1.54, 1.807) is 12.1 Å². The van der Waals surface area contributed by atoms with Gasteiger partial charge in [-0.2, -0.15) is 0 Å². The van der Waals surface area contributed by atoms with Gasteiger partial charge in [0.25, 0.3) is 5.69 Å². The van der Waals surface area contributed by atoms with Gasteiger partial charge in [-0.1, -0.05) is 23.2 Å². The van der Waals surface area contributed by atoms with Gasteiger partial charge < -0.3 is 4.74 Å². The van der Waals surface area contributed by atoms with Crippen LogP contribution in [0.3, 0.4) is 0 Å². The molecule has 0 amide bonds. The summed E-state index contributed by atoms with van der Waals surface area (Å²) in [6, 6.07) is 9.51. The van der Waals surface area contributed by atoms with Crippen LogP contribution in [0.1, 0.15) is 27.6 Å². The number of benzene rings is 2. The molecule has 6 nitrogen and oxygen atoms in total. The van der Waals surface area contributed by atoms with Gasteiger partial charge in [0.2, 0.25) is 5.78 Å². The summed E-state index contributed by atoms with van der Waals surface area (Å²) in [6.45, 7) is 1.42. The minimum absolute atomic E-state index is 0.0574. The molecule has 0 heterocycles. The number of carbonyl (C=O) groups is 2. The Balaban J connectivity index is 2.12. The van der Waals surface area contributed by atoms with Gasteiger partial charge in [-0.15, -0.1) is 0 Å². The second-order valence-corrected chi connectivity index (χ2v) is 5.68. The Morgan fingerprint density at radius 1 is 1.12 bits per heavy atom. The van der Waals surface area contributed by atoms with Gasteiger partial charge in [-0.3, -0.25) is 14.9 Å². The standard InChI is InChI=1S/C16H11Cl2NO5/c1-9(15(20)10-2-4-11(17)5-3-10)24-16(21)13-7-6-12(19(22)23)8-14(13)18/h2-9H,1H3/t9-/m0/s1. The number of carbonyl (C=O) groups excluding carboxylic acids is 2. The Hall–Kier alpha value is -2.44. The van der Waals surface area contributed by atoms with Gasteiger partial charge >= 0.3 is 5.97 Å². The SMILES string of the molecule is C[C@H](OC(=O)c1ccc([N+](=O)[O-])cc1Cl)C(=O)c1ccc(Cl)cc1. The fourth-order valence-corrected chi connectivity index (χ4v) is 2.29. The number of nitrogens with zero attached hydrogens (tertiary/aromatic N) is 1. The zero-order valence-corrected chi connectivity index (χ0v) is 13.9. The number of non-ortho nitro benzene ring substituents is 1. The van der Waals surface area contributed by atoms with Crippen molar-refractivity contribution in [1.82, 2.24) is 0 Å². The summed E-state index contributed by atoms with van der Waals surface area (Å²) in [6.07, 6.45) is -1.05. The highest BCUT2D eigenvalue weighted by atomic mass is 35.5. The second kappa shape index (κ2) is 7.42. The highest BCUT2D eigenvalue weighted by Gasteiger charge is 2.22. The highest BCUT2D eigenvalue weighted by molar-refractivity contribution is 6.33. The Morgan fingerprint density at radius 2 is 1.75 bits per heavy atom. The molecule has 0 fully saturated rings. The average Bonchev–Trinajstić information content (AvgIpc) is 2.54. The fourth-order valence-electron chi connectivity index (χ4n) is 1.91. The Labute approximate surface area is 147 Å². The molecule has 2 rings (SSSR count). The molecule has 0 aromatic heterocycles. The lowest BCUT2D eigenvalue weighted by Gasteiger charge is -2.13. The third-order valence-electron chi connectivity index (χ3n) is 3.17. The van der Waals surface area contributed by atoms with Crippen LogP contribution >= 0.6 is 23.2 Å². The second-order valence-electron chi connectivity index (χ2n) is 4.84. The molecule has 0 saturated heterocycles. The highest BCUT2D eigenvalue weighted by Crippen LogP contribution is 2.23. The van der Waals surface area contributed by atoms with E-state index < -0.39 is 22.8 Å².